The van der Waals surface area contributed by atoms with E-state index in [1.54, 1.807) is 0 Å². The summed E-state index contributed by atoms with van der Waals surface area (Å²) in [7, 11) is 0. The number of rotatable bonds is 5. The van der Waals surface area contributed by atoms with E-state index < -0.39 is 17.9 Å². The fraction of sp³-hybridized carbons (Fsp3) is 0.167. The maximum absolute atomic E-state index is 13.3. The molecule has 0 aromatic heterocycles. The van der Waals surface area contributed by atoms with Crippen molar-refractivity contribution in [2.24, 2.45) is 0 Å². The average molecular weight is 253 g/mol. The van der Waals surface area contributed by atoms with Gasteiger partial charge in [-0.25, -0.2) is 14.0 Å². The third-order valence-corrected chi connectivity index (χ3v) is 2.05. The van der Waals surface area contributed by atoms with Crippen molar-refractivity contribution in [3.05, 3.63) is 47.8 Å². The Labute approximate surface area is 103 Å². The van der Waals surface area contributed by atoms with Crippen LogP contribution in [-0.4, -0.2) is 23.8 Å². The highest BCUT2D eigenvalue weighted by atomic mass is 19.1. The van der Waals surface area contributed by atoms with Crippen LogP contribution in [0.1, 0.15) is 15.9 Å². The molecule has 1 rings (SSSR count). The first-order valence-electron chi connectivity index (χ1n) is 5.08. The number of hydrogen-bond acceptors (Lipinski definition) is 3. The Balaban J connectivity index is 2.66. The van der Waals surface area contributed by atoms with Crippen molar-refractivity contribution in [1.29, 1.82) is 0 Å². The topological polar surface area (TPSA) is 75.6 Å². The van der Waals surface area contributed by atoms with Gasteiger partial charge >= 0.3 is 12.1 Å². The molecule has 18 heavy (non-hydrogen) atoms. The van der Waals surface area contributed by atoms with Crippen LogP contribution in [-0.2, 0) is 11.3 Å². The molecule has 0 bridgehead atoms. The number of amides is 1. The van der Waals surface area contributed by atoms with Crippen molar-refractivity contribution in [1.82, 2.24) is 5.32 Å². The monoisotopic (exact) mass is 253 g/mol. The second kappa shape index (κ2) is 6.39. The van der Waals surface area contributed by atoms with Crippen molar-refractivity contribution in [2.45, 2.75) is 6.54 Å². The first-order chi connectivity index (χ1) is 8.54. The molecule has 0 heterocycles. The normalized spacial score (nSPS) is 9.61. The molecule has 0 fully saturated rings. The number of carbonyl (C=O) groups is 2. The van der Waals surface area contributed by atoms with E-state index in [0.29, 0.717) is 0 Å². The molecule has 0 saturated heterocycles. The van der Waals surface area contributed by atoms with Gasteiger partial charge in [0.2, 0.25) is 0 Å². The maximum Gasteiger partial charge on any atom is 0.407 e. The van der Waals surface area contributed by atoms with Gasteiger partial charge < -0.3 is 15.2 Å². The Morgan fingerprint density at radius 1 is 1.50 bits per heavy atom. The van der Waals surface area contributed by atoms with Gasteiger partial charge in [-0.2, -0.15) is 0 Å². The summed E-state index contributed by atoms with van der Waals surface area (Å²) in [5.74, 6) is -1.76. The van der Waals surface area contributed by atoms with Crippen LogP contribution in [0.3, 0.4) is 0 Å². The zero-order valence-corrected chi connectivity index (χ0v) is 9.48. The van der Waals surface area contributed by atoms with Crippen LogP contribution < -0.4 is 5.32 Å². The van der Waals surface area contributed by atoms with Crippen LogP contribution in [0.15, 0.2) is 30.9 Å². The lowest BCUT2D eigenvalue weighted by Crippen LogP contribution is -2.24. The highest BCUT2D eigenvalue weighted by molar-refractivity contribution is 5.87. The van der Waals surface area contributed by atoms with Crippen LogP contribution >= 0.6 is 0 Å². The molecule has 1 aromatic rings. The Bertz CT molecular complexity index is 473. The van der Waals surface area contributed by atoms with Gasteiger partial charge in [-0.3, -0.25) is 0 Å². The second-order valence-corrected chi connectivity index (χ2v) is 3.35. The molecular formula is C12H12FNO4. The molecule has 5 nitrogen and oxygen atoms in total. The van der Waals surface area contributed by atoms with Gasteiger partial charge in [0.25, 0.3) is 0 Å². The lowest BCUT2D eigenvalue weighted by atomic mass is 10.1. The van der Waals surface area contributed by atoms with Crippen LogP contribution in [0.2, 0.25) is 0 Å². The fourth-order valence-electron chi connectivity index (χ4n) is 1.20. The largest absolute Gasteiger partial charge is 0.478 e. The summed E-state index contributed by atoms with van der Waals surface area (Å²) in [6.07, 6.45) is 0.667. The Morgan fingerprint density at radius 2 is 2.22 bits per heavy atom. The molecule has 96 valence electrons. The molecule has 0 radical (unpaired) electrons. The van der Waals surface area contributed by atoms with E-state index >= 15 is 0 Å². The number of carboxylic acids is 1. The minimum atomic E-state index is -1.16. The minimum Gasteiger partial charge on any atom is -0.478 e. The number of ether oxygens (including phenoxy) is 1. The van der Waals surface area contributed by atoms with E-state index in [1.165, 1.54) is 6.08 Å². The number of carbonyl (C=O) groups excluding carboxylic acids is 1. The van der Waals surface area contributed by atoms with E-state index in [1.807, 2.05) is 0 Å². The predicted octanol–water partition coefficient (Wildman–Crippen LogP) is 1.94. The van der Waals surface area contributed by atoms with E-state index in [-0.39, 0.29) is 24.3 Å². The molecule has 0 spiro atoms. The van der Waals surface area contributed by atoms with Gasteiger partial charge in [-0.15, -0.1) is 0 Å². The van der Waals surface area contributed by atoms with Crippen LogP contribution in [0.25, 0.3) is 0 Å². The molecule has 0 aliphatic rings. The Morgan fingerprint density at radius 3 is 2.83 bits per heavy atom. The number of benzene rings is 1. The highest BCUT2D eigenvalue weighted by Crippen LogP contribution is 2.10. The van der Waals surface area contributed by atoms with Crippen molar-refractivity contribution < 1.29 is 23.8 Å². The molecule has 0 saturated carbocycles. The lowest BCUT2D eigenvalue weighted by Gasteiger charge is -2.07. The van der Waals surface area contributed by atoms with E-state index in [9.17, 15) is 14.0 Å². The molecule has 1 amide bonds. The summed E-state index contributed by atoms with van der Waals surface area (Å²) in [6.45, 7) is 3.26. The summed E-state index contributed by atoms with van der Waals surface area (Å²) in [5, 5.41) is 11.0. The first-order valence-corrected chi connectivity index (χ1v) is 5.08. The molecule has 6 heteroatoms. The first kappa shape index (κ1) is 13.7. The highest BCUT2D eigenvalue weighted by Gasteiger charge is 2.09. The number of hydrogen-bond donors (Lipinski definition) is 2. The lowest BCUT2D eigenvalue weighted by molar-refractivity contribution is 0.0696. The quantitative estimate of drug-likeness (QED) is 0.786. The van der Waals surface area contributed by atoms with Crippen molar-refractivity contribution in [3.8, 4) is 0 Å². The standard InChI is InChI=1S/C12H12FNO4/c1-2-5-18-12(17)14-7-9-6-8(11(15)16)3-4-10(9)13/h2-4,6H,1,5,7H2,(H,14,17)(H,15,16). The number of carboxylic acid groups (broad SMARTS) is 1. The Hall–Kier alpha value is -2.37. The van der Waals surface area contributed by atoms with Gasteiger partial charge in [0.1, 0.15) is 12.4 Å². The molecule has 0 aliphatic carbocycles. The van der Waals surface area contributed by atoms with Crippen LogP contribution in [0.4, 0.5) is 9.18 Å². The molecule has 0 atom stereocenters. The smallest absolute Gasteiger partial charge is 0.407 e. The van der Waals surface area contributed by atoms with Gasteiger partial charge in [0, 0.05) is 12.1 Å². The molecular weight excluding hydrogens is 241 g/mol. The number of halogens is 1. The Kier molecular flexibility index (Phi) is 4.86. The van der Waals surface area contributed by atoms with E-state index in [0.717, 1.165) is 18.2 Å². The number of alkyl carbamates (subject to hydrolysis) is 1. The van der Waals surface area contributed by atoms with Gasteiger partial charge in [-0.05, 0) is 18.2 Å². The summed E-state index contributed by atoms with van der Waals surface area (Å²) >= 11 is 0. The molecule has 0 aliphatic heterocycles. The maximum atomic E-state index is 13.3. The van der Waals surface area contributed by atoms with E-state index in [2.05, 4.69) is 16.6 Å². The summed E-state index contributed by atoms with van der Waals surface area (Å²) < 4.78 is 18.0. The number of aromatic carboxylic acids is 1. The average Bonchev–Trinajstić information content (AvgIpc) is 2.35. The fourth-order valence-corrected chi connectivity index (χ4v) is 1.20. The molecule has 2 N–H and O–H groups in total. The zero-order valence-electron chi connectivity index (χ0n) is 9.48. The van der Waals surface area contributed by atoms with Gasteiger partial charge in [0.05, 0.1) is 5.56 Å². The predicted molar refractivity (Wildman–Crippen MR) is 61.7 cm³/mol. The summed E-state index contributed by atoms with van der Waals surface area (Å²) in [4.78, 5) is 21.8. The minimum absolute atomic E-state index is 0.0451. The van der Waals surface area contributed by atoms with Gasteiger partial charge in [0.15, 0.2) is 0 Å². The summed E-state index contributed by atoms with van der Waals surface area (Å²) in [6, 6.07) is 3.35. The van der Waals surface area contributed by atoms with Crippen LogP contribution in [0, 0.1) is 5.82 Å². The van der Waals surface area contributed by atoms with Crippen molar-refractivity contribution >= 4 is 12.1 Å². The molecule has 1 aromatic carbocycles. The third-order valence-electron chi connectivity index (χ3n) is 2.05. The SMILES string of the molecule is C=CCOC(=O)NCc1cc(C(=O)O)ccc1F. The zero-order chi connectivity index (χ0) is 13.5. The summed E-state index contributed by atoms with van der Waals surface area (Å²) in [5.41, 5.74) is 0.0260. The second-order valence-electron chi connectivity index (χ2n) is 3.35. The van der Waals surface area contributed by atoms with E-state index in [4.69, 9.17) is 5.11 Å². The van der Waals surface area contributed by atoms with Gasteiger partial charge in [-0.1, -0.05) is 12.7 Å². The number of nitrogens with one attached hydrogen (secondary N) is 1. The molecule has 0 unspecified atom stereocenters. The van der Waals surface area contributed by atoms with Crippen molar-refractivity contribution in [2.75, 3.05) is 6.61 Å². The third kappa shape index (κ3) is 3.89. The van der Waals surface area contributed by atoms with Crippen LogP contribution in [0.5, 0.6) is 0 Å². The van der Waals surface area contributed by atoms with Crippen molar-refractivity contribution in [3.63, 3.8) is 0 Å².